The Morgan fingerprint density at radius 2 is 1.94 bits per heavy atom. The molecule has 0 aromatic heterocycles. The number of hydrogen-bond donors (Lipinski definition) is 0. The maximum atomic E-state index is 5.78. The smallest absolute Gasteiger partial charge is 0.0997 e. The molecule has 1 aromatic carbocycles. The lowest BCUT2D eigenvalue weighted by atomic mass is 9.61. The molecule has 4 radical (unpaired) electrons. The summed E-state index contributed by atoms with van der Waals surface area (Å²) in [5.41, 5.74) is 1.25. The lowest BCUT2D eigenvalue weighted by Gasteiger charge is -2.37. The first-order valence-corrected chi connectivity index (χ1v) is 5.29. The lowest BCUT2D eigenvalue weighted by Crippen LogP contribution is -2.51. The molecule has 78 valence electrons. The molecule has 16 heavy (non-hydrogen) atoms. The van der Waals surface area contributed by atoms with Crippen molar-refractivity contribution in [2.24, 2.45) is 0 Å². The fourth-order valence-electron chi connectivity index (χ4n) is 1.56. The predicted molar refractivity (Wildman–Crippen MR) is 70.4 cm³/mol. The molecule has 3 heteroatoms. The van der Waals surface area contributed by atoms with Crippen LogP contribution >= 0.6 is 0 Å². The molecular weight excluding hydrogens is 192 g/mol. The van der Waals surface area contributed by atoms with Gasteiger partial charge in [-0.05, 0) is 26.0 Å². The molecule has 0 spiro atoms. The highest BCUT2D eigenvalue weighted by atomic mass is 15.2. The molecule has 0 fully saturated rings. The largest absolute Gasteiger partial charge is 0.304 e. The minimum Gasteiger partial charge on any atom is -0.304 e. The van der Waals surface area contributed by atoms with Crippen molar-refractivity contribution in [2.45, 2.75) is 24.7 Å². The topological polar surface area (TPSA) is 3.24 Å². The molecule has 1 aromatic rings. The van der Waals surface area contributed by atoms with Crippen LogP contribution in [0.1, 0.15) is 12.5 Å². The van der Waals surface area contributed by atoms with Crippen molar-refractivity contribution < 1.29 is 0 Å². The maximum Gasteiger partial charge on any atom is 0.0997 e. The zero-order valence-electron chi connectivity index (χ0n) is 9.85. The number of terminal acetylenes is 1. The standard InChI is InChI=1S/C13H15B2N/c1-4-13(14,15)16(3)11(2)10-12-8-6-5-7-9-12/h1,5-9,11H,10H2,2-3H3/t11-/m1/s1. The second kappa shape index (κ2) is 5.27. The Labute approximate surface area is 101 Å². The summed E-state index contributed by atoms with van der Waals surface area (Å²) < 4.78 is 0. The Morgan fingerprint density at radius 3 is 2.44 bits per heavy atom. The van der Waals surface area contributed by atoms with Gasteiger partial charge in [-0.25, -0.2) is 0 Å². The van der Waals surface area contributed by atoms with Gasteiger partial charge < -0.3 is 4.90 Å². The average molecular weight is 207 g/mol. The van der Waals surface area contributed by atoms with Crippen LogP contribution in [0.15, 0.2) is 30.3 Å². The minimum absolute atomic E-state index is 0.188. The van der Waals surface area contributed by atoms with E-state index in [-0.39, 0.29) is 6.04 Å². The van der Waals surface area contributed by atoms with Crippen molar-refractivity contribution >= 4 is 15.7 Å². The Hall–Kier alpha value is -1.13. The Bertz CT molecular complexity index is 367. The van der Waals surface area contributed by atoms with E-state index in [1.54, 1.807) is 4.90 Å². The summed E-state index contributed by atoms with van der Waals surface area (Å²) in [6.45, 7) is 2.05. The van der Waals surface area contributed by atoms with Gasteiger partial charge in [-0.15, -0.1) is 12.3 Å². The van der Waals surface area contributed by atoms with Crippen molar-refractivity contribution in [3.63, 3.8) is 0 Å². The molecule has 1 atom stereocenters. The molecule has 0 N–H and O–H groups in total. The van der Waals surface area contributed by atoms with E-state index in [1.165, 1.54) is 5.56 Å². The monoisotopic (exact) mass is 207 g/mol. The maximum absolute atomic E-state index is 5.78. The van der Waals surface area contributed by atoms with Crippen LogP contribution in [-0.2, 0) is 6.42 Å². The highest BCUT2D eigenvalue weighted by Gasteiger charge is 2.23. The van der Waals surface area contributed by atoms with E-state index in [4.69, 9.17) is 22.1 Å². The minimum atomic E-state index is -1.19. The van der Waals surface area contributed by atoms with E-state index in [2.05, 4.69) is 25.0 Å². The van der Waals surface area contributed by atoms with E-state index < -0.39 is 5.34 Å². The van der Waals surface area contributed by atoms with Crippen LogP contribution in [0.3, 0.4) is 0 Å². The number of benzene rings is 1. The van der Waals surface area contributed by atoms with Gasteiger partial charge in [-0.3, -0.25) is 0 Å². The summed E-state index contributed by atoms with van der Waals surface area (Å²) in [6.07, 6.45) is 6.17. The molecular formula is C13H15B2N. The van der Waals surface area contributed by atoms with Crippen LogP contribution in [0.4, 0.5) is 0 Å². The van der Waals surface area contributed by atoms with Gasteiger partial charge >= 0.3 is 0 Å². The second-order valence-electron chi connectivity index (χ2n) is 4.12. The summed E-state index contributed by atoms with van der Waals surface area (Å²) >= 11 is 0. The first-order chi connectivity index (χ1) is 7.47. The van der Waals surface area contributed by atoms with E-state index in [0.717, 1.165) is 6.42 Å². The normalized spacial score (nSPS) is 13.4. The molecule has 0 saturated heterocycles. The van der Waals surface area contributed by atoms with Crippen molar-refractivity contribution in [1.82, 2.24) is 4.90 Å². The van der Waals surface area contributed by atoms with E-state index in [1.807, 2.05) is 25.2 Å². The molecule has 0 amide bonds. The molecule has 0 bridgehead atoms. The van der Waals surface area contributed by atoms with Gasteiger partial charge in [0.05, 0.1) is 15.7 Å². The van der Waals surface area contributed by atoms with Gasteiger partial charge in [0.25, 0.3) is 0 Å². The Morgan fingerprint density at radius 1 is 1.38 bits per heavy atom. The average Bonchev–Trinajstić information content (AvgIpc) is 2.29. The van der Waals surface area contributed by atoms with Gasteiger partial charge in [-0.1, -0.05) is 30.3 Å². The SMILES string of the molecule is [B]C([B])(C#C)N(C)[C@H](C)Cc1ccccc1. The summed E-state index contributed by atoms with van der Waals surface area (Å²) in [5.74, 6) is 2.39. The zero-order valence-corrected chi connectivity index (χ0v) is 9.85. The predicted octanol–water partition coefficient (Wildman–Crippen LogP) is 1.17. The molecule has 0 aliphatic carbocycles. The number of nitrogens with zero attached hydrogens (tertiary/aromatic N) is 1. The highest BCUT2D eigenvalue weighted by Crippen LogP contribution is 2.12. The third kappa shape index (κ3) is 3.18. The third-order valence-corrected chi connectivity index (χ3v) is 2.85. The molecule has 0 aliphatic rings. The van der Waals surface area contributed by atoms with Crippen LogP contribution in [0.2, 0.25) is 0 Å². The summed E-state index contributed by atoms with van der Waals surface area (Å²) in [4.78, 5) is 1.81. The van der Waals surface area contributed by atoms with Crippen LogP contribution in [0.5, 0.6) is 0 Å². The van der Waals surface area contributed by atoms with E-state index in [9.17, 15) is 0 Å². The third-order valence-electron chi connectivity index (χ3n) is 2.85. The first kappa shape index (κ1) is 12.9. The van der Waals surface area contributed by atoms with Crippen LogP contribution in [-0.4, -0.2) is 39.0 Å². The molecule has 0 aliphatic heterocycles. The van der Waals surface area contributed by atoms with Crippen molar-refractivity contribution in [3.05, 3.63) is 35.9 Å². The summed E-state index contributed by atoms with van der Waals surface area (Å²) in [6, 6.07) is 10.4. The molecule has 1 rings (SSSR count). The number of likely N-dealkylation sites (N-methyl/N-ethyl adjacent to an activating group) is 1. The molecule has 0 saturated carbocycles. The fraction of sp³-hybridized carbons (Fsp3) is 0.385. The van der Waals surface area contributed by atoms with Crippen LogP contribution < -0.4 is 0 Å². The van der Waals surface area contributed by atoms with Gasteiger partial charge in [0, 0.05) is 11.4 Å². The van der Waals surface area contributed by atoms with E-state index in [0.29, 0.717) is 0 Å². The number of hydrogen-bond acceptors (Lipinski definition) is 1. The number of rotatable bonds is 4. The van der Waals surface area contributed by atoms with Gasteiger partial charge in [0.2, 0.25) is 0 Å². The molecule has 1 nitrogen and oxygen atoms in total. The van der Waals surface area contributed by atoms with Crippen molar-refractivity contribution in [2.75, 3.05) is 7.05 Å². The van der Waals surface area contributed by atoms with Crippen LogP contribution in [0, 0.1) is 12.3 Å². The zero-order chi connectivity index (χ0) is 12.2. The molecule has 0 heterocycles. The van der Waals surface area contributed by atoms with Gasteiger partial charge in [0.1, 0.15) is 0 Å². The lowest BCUT2D eigenvalue weighted by molar-refractivity contribution is 0.242. The van der Waals surface area contributed by atoms with Crippen molar-refractivity contribution in [3.8, 4) is 12.3 Å². The Kier molecular flexibility index (Phi) is 4.26. The highest BCUT2D eigenvalue weighted by molar-refractivity contribution is 6.42. The van der Waals surface area contributed by atoms with Gasteiger partial charge in [-0.2, -0.15) is 0 Å². The quantitative estimate of drug-likeness (QED) is 0.529. The van der Waals surface area contributed by atoms with Gasteiger partial charge in [0.15, 0.2) is 0 Å². The Balaban J connectivity index is 2.67. The summed E-state index contributed by atoms with van der Waals surface area (Å²) in [5, 5.41) is -1.19. The fourth-order valence-corrected chi connectivity index (χ4v) is 1.56. The van der Waals surface area contributed by atoms with Crippen LogP contribution in [0.25, 0.3) is 0 Å². The summed E-state index contributed by atoms with van der Waals surface area (Å²) in [7, 11) is 13.4. The molecule has 0 unspecified atom stereocenters. The second-order valence-corrected chi connectivity index (χ2v) is 4.12. The van der Waals surface area contributed by atoms with E-state index >= 15 is 0 Å². The van der Waals surface area contributed by atoms with Crippen molar-refractivity contribution in [1.29, 1.82) is 0 Å². The first-order valence-electron chi connectivity index (χ1n) is 5.29.